The molecule has 0 saturated heterocycles. The maximum absolute atomic E-state index is 13.0. The first-order valence-corrected chi connectivity index (χ1v) is 6.74. The predicted molar refractivity (Wildman–Crippen MR) is 67.0 cm³/mol. The lowest BCUT2D eigenvalue weighted by Gasteiger charge is -2.15. The molecule has 0 aliphatic carbocycles. The van der Waals surface area contributed by atoms with Crippen LogP contribution in [0.4, 0.5) is 20.2 Å². The van der Waals surface area contributed by atoms with E-state index < -0.39 is 44.5 Å². The fourth-order valence-electron chi connectivity index (χ4n) is 1.29. The molecule has 5 N–H and O–H groups in total. The summed E-state index contributed by atoms with van der Waals surface area (Å²) in [6, 6.07) is 2.66. The number of hydrogen-bond donors (Lipinski definition) is 3. The number of benzene rings is 1. The molecule has 0 aromatic heterocycles. The van der Waals surface area contributed by atoms with Crippen LogP contribution in [0.15, 0.2) is 23.1 Å². The molecule has 0 spiro atoms. The van der Waals surface area contributed by atoms with Crippen molar-refractivity contribution in [3.63, 3.8) is 0 Å². The number of hydrogen-bond acceptors (Lipinski definition) is 6. The summed E-state index contributed by atoms with van der Waals surface area (Å²) in [5, 5.41) is 17.8. The van der Waals surface area contributed by atoms with Gasteiger partial charge in [-0.25, -0.2) is 22.3 Å². The zero-order valence-corrected chi connectivity index (χ0v) is 10.9. The average molecular weight is 310 g/mol. The first kappa shape index (κ1) is 16.2. The van der Waals surface area contributed by atoms with Crippen molar-refractivity contribution < 1.29 is 22.1 Å². The lowest BCUT2D eigenvalue weighted by Crippen LogP contribution is -2.35. The molecule has 1 rings (SSSR count). The van der Waals surface area contributed by atoms with Gasteiger partial charge in [0.05, 0.1) is 22.9 Å². The smallest absolute Gasteiger partial charge is 0.293 e. The fourth-order valence-corrected chi connectivity index (χ4v) is 1.82. The lowest BCUT2D eigenvalue weighted by molar-refractivity contribution is -0.384. The van der Waals surface area contributed by atoms with Gasteiger partial charge in [0.25, 0.3) is 11.6 Å². The Morgan fingerprint density at radius 1 is 1.40 bits per heavy atom. The second kappa shape index (κ2) is 5.64. The molecule has 0 heterocycles. The fraction of sp³-hybridized carbons (Fsp3) is 0.333. The minimum absolute atomic E-state index is 0.254. The average Bonchev–Trinajstić information content (AvgIpc) is 2.35. The highest BCUT2D eigenvalue weighted by Crippen LogP contribution is 2.28. The summed E-state index contributed by atoms with van der Waals surface area (Å²) in [5.41, 5.74) is 3.90. The second-order valence-corrected chi connectivity index (χ2v) is 5.46. The molecule has 0 atom stereocenters. The van der Waals surface area contributed by atoms with Crippen LogP contribution in [-0.4, -0.2) is 32.4 Å². The molecular weight excluding hydrogens is 298 g/mol. The van der Waals surface area contributed by atoms with Crippen LogP contribution in [0, 0.1) is 10.1 Å². The molecule has 0 saturated carbocycles. The summed E-state index contributed by atoms with van der Waals surface area (Å²) in [4.78, 5) is 9.42. The van der Waals surface area contributed by atoms with Crippen LogP contribution in [0.2, 0.25) is 0 Å². The van der Waals surface area contributed by atoms with Crippen molar-refractivity contribution in [2.45, 2.75) is 10.8 Å². The molecular formula is C9H12F2N4O4S. The molecule has 0 aliphatic heterocycles. The van der Waals surface area contributed by atoms with E-state index in [0.29, 0.717) is 6.07 Å². The van der Waals surface area contributed by atoms with Crippen molar-refractivity contribution in [2.75, 3.05) is 18.4 Å². The largest absolute Gasteiger partial charge is 0.373 e. The number of rotatable bonds is 6. The monoisotopic (exact) mass is 310 g/mol. The molecule has 0 fully saturated rings. The number of alkyl halides is 2. The van der Waals surface area contributed by atoms with Crippen molar-refractivity contribution in [3.8, 4) is 0 Å². The first-order chi connectivity index (χ1) is 9.07. The molecule has 20 heavy (non-hydrogen) atoms. The summed E-state index contributed by atoms with van der Waals surface area (Å²) in [6.45, 7) is -1.85. The minimum Gasteiger partial charge on any atom is -0.373 e. The Labute approximate surface area is 113 Å². The van der Waals surface area contributed by atoms with Crippen LogP contribution < -0.4 is 16.2 Å². The number of nitro groups is 1. The van der Waals surface area contributed by atoms with Crippen LogP contribution in [0.1, 0.15) is 0 Å². The first-order valence-electron chi connectivity index (χ1n) is 5.20. The highest BCUT2D eigenvalue weighted by Gasteiger charge is 2.28. The Bertz CT molecular complexity index is 620. The molecule has 0 amide bonds. The van der Waals surface area contributed by atoms with Gasteiger partial charge in [0.15, 0.2) is 0 Å². The van der Waals surface area contributed by atoms with Crippen LogP contribution in [0.25, 0.3) is 0 Å². The van der Waals surface area contributed by atoms with Crippen molar-refractivity contribution in [1.82, 2.24) is 0 Å². The van der Waals surface area contributed by atoms with Crippen molar-refractivity contribution >= 4 is 21.4 Å². The van der Waals surface area contributed by atoms with E-state index in [1.54, 1.807) is 0 Å². The van der Waals surface area contributed by atoms with Gasteiger partial charge in [0.1, 0.15) is 5.69 Å². The van der Waals surface area contributed by atoms with Crippen LogP contribution in [0.5, 0.6) is 0 Å². The van der Waals surface area contributed by atoms with Gasteiger partial charge in [0, 0.05) is 6.07 Å². The van der Waals surface area contributed by atoms with Gasteiger partial charge in [0.2, 0.25) is 10.0 Å². The Kier molecular flexibility index (Phi) is 4.57. The van der Waals surface area contributed by atoms with E-state index in [1.165, 1.54) is 0 Å². The number of sulfonamides is 1. The van der Waals surface area contributed by atoms with Crippen LogP contribution in [-0.2, 0) is 10.0 Å². The number of halogens is 2. The van der Waals surface area contributed by atoms with Crippen LogP contribution >= 0.6 is 0 Å². The molecule has 0 aliphatic rings. The van der Waals surface area contributed by atoms with E-state index in [-0.39, 0.29) is 5.69 Å². The van der Waals surface area contributed by atoms with E-state index in [2.05, 4.69) is 5.32 Å². The number of anilines is 1. The quantitative estimate of drug-likeness (QED) is 0.508. The Morgan fingerprint density at radius 2 is 2.00 bits per heavy atom. The van der Waals surface area contributed by atoms with Gasteiger partial charge in [-0.3, -0.25) is 10.1 Å². The van der Waals surface area contributed by atoms with Gasteiger partial charge in [-0.05, 0) is 12.1 Å². The van der Waals surface area contributed by atoms with E-state index >= 15 is 0 Å². The van der Waals surface area contributed by atoms with E-state index in [9.17, 15) is 27.3 Å². The molecule has 1 aromatic rings. The third-order valence-corrected chi connectivity index (χ3v) is 3.24. The molecule has 11 heteroatoms. The summed E-state index contributed by atoms with van der Waals surface area (Å²) in [6.07, 6.45) is 0. The SMILES string of the molecule is NCC(F)(F)CNc1ccc(S(N)(=O)=O)cc1[N+](=O)[O-]. The van der Waals surface area contributed by atoms with Crippen LogP contribution in [0.3, 0.4) is 0 Å². The highest BCUT2D eigenvalue weighted by atomic mass is 32.2. The summed E-state index contributed by atoms with van der Waals surface area (Å²) in [7, 11) is -4.12. The zero-order valence-electron chi connectivity index (χ0n) is 10.0. The van der Waals surface area contributed by atoms with Gasteiger partial charge in [-0.1, -0.05) is 0 Å². The predicted octanol–water partition coefficient (Wildman–Crippen LogP) is 0.248. The zero-order chi connectivity index (χ0) is 15.6. The van der Waals surface area contributed by atoms with E-state index in [0.717, 1.165) is 12.1 Å². The Morgan fingerprint density at radius 3 is 2.45 bits per heavy atom. The summed E-state index contributed by atoms with van der Waals surface area (Å²) >= 11 is 0. The van der Waals surface area contributed by atoms with E-state index in [1.807, 2.05) is 0 Å². The second-order valence-electron chi connectivity index (χ2n) is 3.89. The topological polar surface area (TPSA) is 141 Å². The number of nitrogens with one attached hydrogen (secondary N) is 1. The molecule has 0 unspecified atom stereocenters. The maximum atomic E-state index is 13.0. The molecule has 8 nitrogen and oxygen atoms in total. The number of primary sulfonamides is 1. The Hall–Kier alpha value is -1.85. The summed E-state index contributed by atoms with van der Waals surface area (Å²) in [5.74, 6) is -3.24. The maximum Gasteiger partial charge on any atom is 0.293 e. The summed E-state index contributed by atoms with van der Waals surface area (Å²) < 4.78 is 48.1. The standard InChI is InChI=1S/C9H12F2N4O4S/c10-9(11,4-12)5-14-7-2-1-6(20(13,18)19)3-8(7)15(16)17/h1-3,14H,4-5,12H2,(H2,13,18,19). The van der Waals surface area contributed by atoms with Gasteiger partial charge in [-0.2, -0.15) is 0 Å². The third kappa shape index (κ3) is 4.08. The molecule has 0 radical (unpaired) electrons. The van der Waals surface area contributed by atoms with Crippen molar-refractivity contribution in [1.29, 1.82) is 0 Å². The number of nitrogens with two attached hydrogens (primary N) is 2. The number of nitrogens with zero attached hydrogens (tertiary/aromatic N) is 1. The third-order valence-electron chi connectivity index (χ3n) is 2.33. The van der Waals surface area contributed by atoms with Gasteiger partial charge >= 0.3 is 0 Å². The van der Waals surface area contributed by atoms with E-state index in [4.69, 9.17) is 10.9 Å². The highest BCUT2D eigenvalue weighted by molar-refractivity contribution is 7.89. The van der Waals surface area contributed by atoms with Gasteiger partial charge < -0.3 is 11.1 Å². The van der Waals surface area contributed by atoms with Crippen molar-refractivity contribution in [2.24, 2.45) is 10.9 Å². The Balaban J connectivity index is 3.12. The lowest BCUT2D eigenvalue weighted by atomic mass is 10.2. The molecule has 0 bridgehead atoms. The van der Waals surface area contributed by atoms with Crippen molar-refractivity contribution in [3.05, 3.63) is 28.3 Å². The molecule has 112 valence electrons. The number of nitro benzene ring substituents is 1. The normalized spacial score (nSPS) is 12.2. The van der Waals surface area contributed by atoms with Gasteiger partial charge in [-0.15, -0.1) is 0 Å². The molecule has 1 aromatic carbocycles. The minimum atomic E-state index is -4.12.